The normalized spacial score (nSPS) is 15.7. The summed E-state index contributed by atoms with van der Waals surface area (Å²) in [5.41, 5.74) is 3.89. The number of amides is 1. The molecule has 2 rings (SSSR count). The van der Waals surface area contributed by atoms with E-state index in [9.17, 15) is 4.79 Å². The molecular formula is C20H32N4O. The number of aliphatic imine (C=N–C) groups is 1. The van der Waals surface area contributed by atoms with Crippen molar-refractivity contribution in [1.29, 1.82) is 0 Å². The number of carbonyl (C=O) groups excluding carboxylic acids is 1. The van der Waals surface area contributed by atoms with Crippen LogP contribution in [-0.2, 0) is 11.2 Å². The van der Waals surface area contributed by atoms with Crippen LogP contribution in [0.3, 0.4) is 0 Å². The van der Waals surface area contributed by atoms with Gasteiger partial charge in [-0.25, -0.2) is 0 Å². The van der Waals surface area contributed by atoms with Gasteiger partial charge in [-0.15, -0.1) is 0 Å². The molecule has 0 saturated heterocycles. The molecule has 1 aliphatic carbocycles. The van der Waals surface area contributed by atoms with Gasteiger partial charge in [-0.2, -0.15) is 0 Å². The molecule has 138 valence electrons. The number of nitrogens with zero attached hydrogens (tertiary/aromatic N) is 1. The van der Waals surface area contributed by atoms with Crippen LogP contribution in [0, 0.1) is 13.8 Å². The Bertz CT molecular complexity index is 571. The number of rotatable bonds is 6. The van der Waals surface area contributed by atoms with Gasteiger partial charge in [0.1, 0.15) is 0 Å². The molecule has 5 heteroatoms. The molecule has 1 amide bonds. The molecule has 0 bridgehead atoms. The summed E-state index contributed by atoms with van der Waals surface area (Å²) in [6.45, 7) is 5.29. The maximum absolute atomic E-state index is 12.0. The van der Waals surface area contributed by atoms with Gasteiger partial charge in [0, 0.05) is 19.6 Å². The highest BCUT2D eigenvalue weighted by molar-refractivity contribution is 5.86. The van der Waals surface area contributed by atoms with Crippen LogP contribution in [-0.4, -0.2) is 38.0 Å². The van der Waals surface area contributed by atoms with Crippen molar-refractivity contribution in [2.45, 2.75) is 58.4 Å². The number of aryl methyl sites for hydroxylation is 2. The highest BCUT2D eigenvalue weighted by atomic mass is 16.2. The van der Waals surface area contributed by atoms with E-state index in [-0.39, 0.29) is 12.5 Å². The van der Waals surface area contributed by atoms with E-state index in [2.05, 4.69) is 53.0 Å². The van der Waals surface area contributed by atoms with E-state index in [0.29, 0.717) is 12.0 Å². The van der Waals surface area contributed by atoms with Crippen molar-refractivity contribution in [2.75, 3.05) is 20.1 Å². The van der Waals surface area contributed by atoms with Gasteiger partial charge in [0.15, 0.2) is 5.96 Å². The summed E-state index contributed by atoms with van der Waals surface area (Å²) in [4.78, 5) is 16.2. The average molecular weight is 345 g/mol. The van der Waals surface area contributed by atoms with E-state index < -0.39 is 0 Å². The lowest BCUT2D eigenvalue weighted by Crippen LogP contribution is -2.46. The quantitative estimate of drug-likeness (QED) is 0.549. The number of hydrogen-bond donors (Lipinski definition) is 3. The molecule has 0 aliphatic heterocycles. The Labute approximate surface area is 151 Å². The smallest absolute Gasteiger partial charge is 0.239 e. The molecule has 1 aliphatic rings. The minimum atomic E-state index is 0.0455. The van der Waals surface area contributed by atoms with Gasteiger partial charge < -0.3 is 16.0 Å². The second-order valence-corrected chi connectivity index (χ2v) is 7.00. The van der Waals surface area contributed by atoms with Crippen molar-refractivity contribution in [1.82, 2.24) is 16.0 Å². The van der Waals surface area contributed by atoms with Gasteiger partial charge in [-0.3, -0.25) is 9.79 Å². The first-order valence-corrected chi connectivity index (χ1v) is 9.38. The van der Waals surface area contributed by atoms with Crippen molar-refractivity contribution < 1.29 is 4.79 Å². The van der Waals surface area contributed by atoms with Gasteiger partial charge in [0.25, 0.3) is 0 Å². The number of carbonyl (C=O) groups is 1. The molecule has 0 atom stereocenters. The lowest BCUT2D eigenvalue weighted by Gasteiger charge is -2.23. The van der Waals surface area contributed by atoms with Crippen molar-refractivity contribution in [3.8, 4) is 0 Å². The van der Waals surface area contributed by atoms with Gasteiger partial charge in [-0.1, -0.05) is 48.6 Å². The third-order valence-corrected chi connectivity index (χ3v) is 4.60. The second kappa shape index (κ2) is 10.1. The predicted octanol–water partition coefficient (Wildman–Crippen LogP) is 2.46. The minimum Gasteiger partial charge on any atom is -0.356 e. The molecule has 0 spiro atoms. The Morgan fingerprint density at radius 2 is 1.76 bits per heavy atom. The highest BCUT2D eigenvalue weighted by Crippen LogP contribution is 2.17. The molecule has 0 aromatic heterocycles. The maximum Gasteiger partial charge on any atom is 0.239 e. The van der Waals surface area contributed by atoms with E-state index in [0.717, 1.165) is 25.8 Å². The zero-order valence-corrected chi connectivity index (χ0v) is 15.8. The average Bonchev–Trinajstić information content (AvgIpc) is 2.58. The standard InChI is InChI=1S/C20H32N4O/c1-15-11-16(2)13-17(12-15)9-10-22-20(21-3)23-14-19(25)24-18-7-5-4-6-8-18/h11-13,18H,4-10,14H2,1-3H3,(H,24,25)(H2,21,22,23). The van der Waals surface area contributed by atoms with Gasteiger partial charge >= 0.3 is 0 Å². The number of guanidine groups is 1. The Morgan fingerprint density at radius 3 is 2.40 bits per heavy atom. The molecule has 0 radical (unpaired) electrons. The van der Waals surface area contributed by atoms with E-state index in [4.69, 9.17) is 0 Å². The summed E-state index contributed by atoms with van der Waals surface area (Å²) in [6, 6.07) is 6.95. The first-order chi connectivity index (χ1) is 12.1. The van der Waals surface area contributed by atoms with Crippen LogP contribution in [0.25, 0.3) is 0 Å². The molecule has 0 heterocycles. The fraction of sp³-hybridized carbons (Fsp3) is 0.600. The molecule has 1 fully saturated rings. The molecule has 1 saturated carbocycles. The Balaban J connectivity index is 1.68. The fourth-order valence-corrected chi connectivity index (χ4v) is 3.45. The van der Waals surface area contributed by atoms with E-state index in [1.165, 1.54) is 36.0 Å². The third kappa shape index (κ3) is 7.16. The summed E-state index contributed by atoms with van der Waals surface area (Å²) in [5.74, 6) is 0.715. The Hall–Kier alpha value is -2.04. The molecular weight excluding hydrogens is 312 g/mol. The Morgan fingerprint density at radius 1 is 1.08 bits per heavy atom. The van der Waals surface area contributed by atoms with Crippen molar-refractivity contribution in [3.63, 3.8) is 0 Å². The molecule has 1 aromatic rings. The van der Waals surface area contributed by atoms with Crippen molar-refractivity contribution in [2.24, 2.45) is 4.99 Å². The topological polar surface area (TPSA) is 65.5 Å². The third-order valence-electron chi connectivity index (χ3n) is 4.60. The molecule has 0 unspecified atom stereocenters. The van der Waals surface area contributed by atoms with Crippen LogP contribution >= 0.6 is 0 Å². The maximum atomic E-state index is 12.0. The first-order valence-electron chi connectivity index (χ1n) is 9.38. The summed E-state index contributed by atoms with van der Waals surface area (Å²) >= 11 is 0. The molecule has 1 aromatic carbocycles. The van der Waals surface area contributed by atoms with Gasteiger partial charge in [0.05, 0.1) is 6.54 Å². The number of benzene rings is 1. The molecule has 3 N–H and O–H groups in total. The summed E-state index contributed by atoms with van der Waals surface area (Å²) < 4.78 is 0. The molecule has 5 nitrogen and oxygen atoms in total. The largest absolute Gasteiger partial charge is 0.356 e. The van der Waals surface area contributed by atoms with E-state index in [1.54, 1.807) is 7.05 Å². The number of nitrogens with one attached hydrogen (secondary N) is 3. The van der Waals surface area contributed by atoms with Crippen LogP contribution in [0.15, 0.2) is 23.2 Å². The van der Waals surface area contributed by atoms with Gasteiger partial charge in [-0.05, 0) is 38.7 Å². The van der Waals surface area contributed by atoms with Crippen LogP contribution in [0.4, 0.5) is 0 Å². The Kier molecular flexibility index (Phi) is 7.76. The predicted molar refractivity (Wildman–Crippen MR) is 104 cm³/mol. The first kappa shape index (κ1) is 19.3. The summed E-state index contributed by atoms with van der Waals surface area (Å²) in [7, 11) is 1.73. The van der Waals surface area contributed by atoms with Crippen molar-refractivity contribution >= 4 is 11.9 Å². The summed E-state index contributed by atoms with van der Waals surface area (Å²) in [6.07, 6.45) is 6.88. The minimum absolute atomic E-state index is 0.0455. The highest BCUT2D eigenvalue weighted by Gasteiger charge is 2.15. The number of hydrogen-bond acceptors (Lipinski definition) is 2. The lowest BCUT2D eigenvalue weighted by atomic mass is 9.95. The zero-order chi connectivity index (χ0) is 18.1. The second-order valence-electron chi connectivity index (χ2n) is 7.00. The van der Waals surface area contributed by atoms with Crippen LogP contribution in [0.1, 0.15) is 48.8 Å². The summed E-state index contributed by atoms with van der Waals surface area (Å²) in [5, 5.41) is 9.48. The van der Waals surface area contributed by atoms with Crippen molar-refractivity contribution in [3.05, 3.63) is 34.9 Å². The fourth-order valence-electron chi connectivity index (χ4n) is 3.45. The van der Waals surface area contributed by atoms with Crippen LogP contribution < -0.4 is 16.0 Å². The van der Waals surface area contributed by atoms with E-state index >= 15 is 0 Å². The molecule has 25 heavy (non-hydrogen) atoms. The zero-order valence-electron chi connectivity index (χ0n) is 15.8. The SMILES string of the molecule is CN=C(NCCc1cc(C)cc(C)c1)NCC(=O)NC1CCCCC1. The van der Waals surface area contributed by atoms with E-state index in [1.807, 2.05) is 0 Å². The van der Waals surface area contributed by atoms with Crippen LogP contribution in [0.2, 0.25) is 0 Å². The monoisotopic (exact) mass is 344 g/mol. The lowest BCUT2D eigenvalue weighted by molar-refractivity contribution is -0.120. The van der Waals surface area contributed by atoms with Crippen LogP contribution in [0.5, 0.6) is 0 Å². The van der Waals surface area contributed by atoms with Gasteiger partial charge in [0.2, 0.25) is 5.91 Å².